The second-order valence-corrected chi connectivity index (χ2v) is 7.71. The summed E-state index contributed by atoms with van der Waals surface area (Å²) in [5, 5.41) is 8.89. The first kappa shape index (κ1) is 17.7. The van der Waals surface area contributed by atoms with Crippen LogP contribution in [0.1, 0.15) is 29.5 Å². The van der Waals surface area contributed by atoms with Gasteiger partial charge in [-0.25, -0.2) is 13.1 Å². The lowest BCUT2D eigenvalue weighted by Gasteiger charge is -2.48. The predicted octanol–water partition coefficient (Wildman–Crippen LogP) is 1.26. The topological polar surface area (TPSA) is 120 Å². The first-order valence-corrected chi connectivity index (χ1v) is 9.19. The number of carbonyl (C=O) groups excluding carboxylic acids is 2. The zero-order valence-electron chi connectivity index (χ0n) is 13.8. The Balaban J connectivity index is 1.80. The Hall–Kier alpha value is -3.12. The largest absolute Gasteiger partial charge is 0.459 e. The molecule has 1 fully saturated rings. The maximum absolute atomic E-state index is 12.6. The van der Waals surface area contributed by atoms with Crippen LogP contribution < -0.4 is 4.72 Å². The van der Waals surface area contributed by atoms with Crippen LogP contribution >= 0.6 is 0 Å². The number of furan rings is 1. The second-order valence-electron chi connectivity index (χ2n) is 6.03. The van der Waals surface area contributed by atoms with Gasteiger partial charge in [0.15, 0.2) is 5.76 Å². The van der Waals surface area contributed by atoms with E-state index in [1.807, 2.05) is 10.8 Å². The van der Waals surface area contributed by atoms with E-state index in [0.29, 0.717) is 13.0 Å². The Morgan fingerprint density at radius 3 is 2.65 bits per heavy atom. The van der Waals surface area contributed by atoms with Gasteiger partial charge >= 0.3 is 0 Å². The molecule has 0 spiro atoms. The van der Waals surface area contributed by atoms with Gasteiger partial charge in [0.05, 0.1) is 22.8 Å². The number of sulfonamides is 1. The van der Waals surface area contributed by atoms with Crippen molar-refractivity contribution in [2.75, 3.05) is 6.54 Å². The fraction of sp³-hybridized carbons (Fsp3) is 0.235. The molecule has 0 aliphatic carbocycles. The predicted molar refractivity (Wildman–Crippen MR) is 89.3 cm³/mol. The number of nitrogens with zero attached hydrogens (tertiary/aromatic N) is 2. The third-order valence-electron chi connectivity index (χ3n) is 4.38. The standard InChI is InChI=1S/C17H15N3O5S/c1-17(7-8-20(17)15(21)14-6-3-9-25-14)16(22)19-26(23,24)13-5-2-4-12(10-13)11-18/h2-6,9-10H,7-8H2,1H3,(H,19,22). The fourth-order valence-electron chi connectivity index (χ4n) is 2.68. The molecule has 8 nitrogen and oxygen atoms in total. The molecule has 1 saturated heterocycles. The van der Waals surface area contributed by atoms with Crippen LogP contribution in [0.3, 0.4) is 0 Å². The Labute approximate surface area is 150 Å². The monoisotopic (exact) mass is 373 g/mol. The molecule has 1 aromatic heterocycles. The van der Waals surface area contributed by atoms with Crippen molar-refractivity contribution in [1.82, 2.24) is 9.62 Å². The van der Waals surface area contributed by atoms with Gasteiger partial charge in [-0.3, -0.25) is 9.59 Å². The number of benzene rings is 1. The smallest absolute Gasteiger partial charge is 0.290 e. The summed E-state index contributed by atoms with van der Waals surface area (Å²) in [6, 6.07) is 10.2. The van der Waals surface area contributed by atoms with Crippen molar-refractivity contribution in [3.05, 3.63) is 54.0 Å². The SMILES string of the molecule is CC1(C(=O)NS(=O)(=O)c2cccc(C#N)c2)CCN1C(=O)c1ccco1. The number of nitriles is 1. The second kappa shape index (κ2) is 6.31. The molecule has 1 unspecified atom stereocenters. The maximum atomic E-state index is 12.6. The molecular weight excluding hydrogens is 358 g/mol. The number of rotatable bonds is 4. The molecule has 0 bridgehead atoms. The van der Waals surface area contributed by atoms with Crippen molar-refractivity contribution in [2.45, 2.75) is 23.8 Å². The molecule has 3 rings (SSSR count). The summed E-state index contributed by atoms with van der Waals surface area (Å²) < 4.78 is 31.9. The average molecular weight is 373 g/mol. The molecule has 9 heteroatoms. The molecule has 1 aliphatic heterocycles. The number of hydrogen-bond acceptors (Lipinski definition) is 6. The number of amides is 2. The molecule has 0 radical (unpaired) electrons. The minimum Gasteiger partial charge on any atom is -0.459 e. The lowest BCUT2D eigenvalue weighted by atomic mass is 9.85. The van der Waals surface area contributed by atoms with Crippen molar-refractivity contribution in [3.63, 3.8) is 0 Å². The lowest BCUT2D eigenvalue weighted by molar-refractivity contribution is -0.135. The van der Waals surface area contributed by atoms with Gasteiger partial charge in [0.2, 0.25) is 0 Å². The molecule has 1 aromatic carbocycles. The summed E-state index contributed by atoms with van der Waals surface area (Å²) in [6.45, 7) is 1.81. The molecule has 1 N–H and O–H groups in total. The van der Waals surface area contributed by atoms with Crippen molar-refractivity contribution >= 4 is 21.8 Å². The summed E-state index contributed by atoms with van der Waals surface area (Å²) in [4.78, 5) is 26.1. The number of hydrogen-bond donors (Lipinski definition) is 1. The summed E-state index contributed by atoms with van der Waals surface area (Å²) >= 11 is 0. The van der Waals surface area contributed by atoms with Gasteiger partial charge in [-0.2, -0.15) is 5.26 Å². The molecule has 0 saturated carbocycles. The number of likely N-dealkylation sites (tertiary alicyclic amines) is 1. The number of nitrogens with one attached hydrogen (secondary N) is 1. The van der Waals surface area contributed by atoms with Crippen LogP contribution in [0, 0.1) is 11.3 Å². The third kappa shape index (κ3) is 2.95. The van der Waals surface area contributed by atoms with Crippen molar-refractivity contribution in [2.24, 2.45) is 0 Å². The molecule has 2 heterocycles. The van der Waals surface area contributed by atoms with E-state index >= 15 is 0 Å². The number of carbonyl (C=O) groups is 2. The van der Waals surface area contributed by atoms with Crippen LogP contribution in [-0.4, -0.2) is 37.2 Å². The maximum Gasteiger partial charge on any atom is 0.290 e. The Morgan fingerprint density at radius 1 is 1.31 bits per heavy atom. The summed E-state index contributed by atoms with van der Waals surface area (Å²) in [5.74, 6) is -1.22. The average Bonchev–Trinajstić information content (AvgIpc) is 3.14. The van der Waals surface area contributed by atoms with Gasteiger partial charge in [-0.05, 0) is 43.7 Å². The fourth-order valence-corrected chi connectivity index (χ4v) is 3.80. The molecule has 2 amide bonds. The Bertz CT molecular complexity index is 1010. The van der Waals surface area contributed by atoms with Gasteiger partial charge in [0.1, 0.15) is 5.54 Å². The van der Waals surface area contributed by atoms with Gasteiger partial charge in [-0.15, -0.1) is 0 Å². The highest BCUT2D eigenvalue weighted by atomic mass is 32.2. The summed E-state index contributed by atoms with van der Waals surface area (Å²) in [6.07, 6.45) is 1.66. The molecular formula is C17H15N3O5S. The van der Waals surface area contributed by atoms with E-state index in [1.54, 1.807) is 6.07 Å². The molecule has 2 aromatic rings. The van der Waals surface area contributed by atoms with Gasteiger partial charge < -0.3 is 9.32 Å². The van der Waals surface area contributed by atoms with E-state index < -0.39 is 27.4 Å². The van der Waals surface area contributed by atoms with E-state index in [2.05, 4.69) is 0 Å². The van der Waals surface area contributed by atoms with Crippen molar-refractivity contribution in [1.29, 1.82) is 5.26 Å². The first-order chi connectivity index (χ1) is 12.3. The highest BCUT2D eigenvalue weighted by molar-refractivity contribution is 7.90. The third-order valence-corrected chi connectivity index (χ3v) is 5.71. The van der Waals surface area contributed by atoms with Crippen LogP contribution in [0.15, 0.2) is 52.0 Å². The van der Waals surface area contributed by atoms with Crippen molar-refractivity contribution in [3.8, 4) is 6.07 Å². The zero-order valence-corrected chi connectivity index (χ0v) is 14.6. The highest BCUT2D eigenvalue weighted by Gasteiger charge is 2.51. The van der Waals surface area contributed by atoms with Crippen LogP contribution in [-0.2, 0) is 14.8 Å². The van der Waals surface area contributed by atoms with E-state index in [4.69, 9.17) is 9.68 Å². The summed E-state index contributed by atoms with van der Waals surface area (Å²) in [5.41, 5.74) is -1.14. The Morgan fingerprint density at radius 2 is 2.08 bits per heavy atom. The molecule has 1 atom stereocenters. The lowest BCUT2D eigenvalue weighted by Crippen LogP contribution is -2.67. The quantitative estimate of drug-likeness (QED) is 0.861. The van der Waals surface area contributed by atoms with E-state index in [9.17, 15) is 18.0 Å². The molecule has 134 valence electrons. The van der Waals surface area contributed by atoms with Gasteiger partial charge in [-0.1, -0.05) is 6.07 Å². The molecule has 1 aliphatic rings. The van der Waals surface area contributed by atoms with Crippen LogP contribution in [0.25, 0.3) is 0 Å². The van der Waals surface area contributed by atoms with Crippen molar-refractivity contribution < 1.29 is 22.4 Å². The minimum absolute atomic E-state index is 0.0771. The normalized spacial score (nSPS) is 19.3. The molecule has 26 heavy (non-hydrogen) atoms. The van der Waals surface area contributed by atoms with E-state index in [-0.39, 0.29) is 16.2 Å². The first-order valence-electron chi connectivity index (χ1n) is 7.71. The van der Waals surface area contributed by atoms with E-state index in [1.165, 1.54) is 48.4 Å². The minimum atomic E-state index is -4.17. The van der Waals surface area contributed by atoms with Gasteiger partial charge in [0, 0.05) is 6.54 Å². The highest BCUT2D eigenvalue weighted by Crippen LogP contribution is 2.32. The van der Waals surface area contributed by atoms with Crippen LogP contribution in [0.4, 0.5) is 0 Å². The van der Waals surface area contributed by atoms with Crippen LogP contribution in [0.2, 0.25) is 0 Å². The zero-order chi connectivity index (χ0) is 18.9. The van der Waals surface area contributed by atoms with E-state index in [0.717, 1.165) is 0 Å². The van der Waals surface area contributed by atoms with Crippen LogP contribution in [0.5, 0.6) is 0 Å². The van der Waals surface area contributed by atoms with Gasteiger partial charge in [0.25, 0.3) is 21.8 Å². The summed E-state index contributed by atoms with van der Waals surface area (Å²) in [7, 11) is -4.17. The Kier molecular flexibility index (Phi) is 4.29.